The molecule has 0 aliphatic heterocycles. The summed E-state index contributed by atoms with van der Waals surface area (Å²) in [6.45, 7) is 10.5. The monoisotopic (exact) mass is 322 g/mol. The van der Waals surface area contributed by atoms with Crippen molar-refractivity contribution in [1.29, 1.82) is 0 Å². The summed E-state index contributed by atoms with van der Waals surface area (Å²) in [4.78, 5) is 0. The van der Waals surface area contributed by atoms with Crippen molar-refractivity contribution >= 4 is 10.1 Å². The molecular weight excluding hydrogens is 288 g/mol. The predicted octanol–water partition coefficient (Wildman–Crippen LogP) is 4.47. The lowest BCUT2D eigenvalue weighted by Crippen LogP contribution is -2.26. The van der Waals surface area contributed by atoms with Crippen LogP contribution in [-0.2, 0) is 14.9 Å². The molecule has 1 aliphatic rings. The van der Waals surface area contributed by atoms with E-state index in [2.05, 4.69) is 32.1 Å². The Labute approximate surface area is 131 Å². The number of rotatable bonds is 5. The summed E-state index contributed by atoms with van der Waals surface area (Å²) in [6.07, 6.45) is 8.52. The number of ether oxygens (including phenoxy) is 1. The van der Waals surface area contributed by atoms with Crippen LogP contribution in [0, 0.1) is 5.92 Å². The average Bonchev–Trinajstić information content (AvgIpc) is 2.41. The molecule has 0 heterocycles. The highest BCUT2D eigenvalue weighted by molar-refractivity contribution is 7.86. The van der Waals surface area contributed by atoms with E-state index in [0.717, 1.165) is 12.8 Å². The minimum Gasteiger partial charge on any atom is -0.381 e. The fraction of sp³-hybridized carbons (Fsp3) is 0.875. The van der Waals surface area contributed by atoms with Crippen molar-refractivity contribution in [2.75, 3.05) is 13.7 Å². The Bertz CT molecular complexity index is 317. The molecule has 21 heavy (non-hydrogen) atoms. The summed E-state index contributed by atoms with van der Waals surface area (Å²) in [5, 5.41) is -0.486. The smallest absolute Gasteiger partial charge is 0.267 e. The van der Waals surface area contributed by atoms with Gasteiger partial charge in [0, 0.05) is 7.11 Å². The fourth-order valence-corrected chi connectivity index (χ4v) is 3.11. The SMILES string of the molecule is C=CCOC.CCC.CCCC1CCC(S(=O)(=O)O)CC1. The second kappa shape index (κ2) is 14.5. The topological polar surface area (TPSA) is 63.6 Å². The van der Waals surface area contributed by atoms with Gasteiger partial charge in [0.2, 0.25) is 0 Å². The normalized spacial score (nSPS) is 21.4. The van der Waals surface area contributed by atoms with Crippen molar-refractivity contribution in [3.05, 3.63) is 12.7 Å². The van der Waals surface area contributed by atoms with E-state index in [-0.39, 0.29) is 0 Å². The lowest BCUT2D eigenvalue weighted by molar-refractivity contribution is 0.234. The molecule has 5 heteroatoms. The van der Waals surface area contributed by atoms with Gasteiger partial charge in [0.1, 0.15) is 0 Å². The van der Waals surface area contributed by atoms with Gasteiger partial charge in [0.25, 0.3) is 10.1 Å². The molecule has 0 aromatic rings. The summed E-state index contributed by atoms with van der Waals surface area (Å²) < 4.78 is 35.0. The molecule has 0 bridgehead atoms. The molecular formula is C16H34O4S. The Morgan fingerprint density at radius 1 is 1.19 bits per heavy atom. The van der Waals surface area contributed by atoms with Gasteiger partial charge in [-0.25, -0.2) is 0 Å². The molecule has 0 spiro atoms. The van der Waals surface area contributed by atoms with Crippen LogP contribution in [0.25, 0.3) is 0 Å². The maximum Gasteiger partial charge on any atom is 0.267 e. The zero-order chi connectivity index (χ0) is 16.7. The van der Waals surface area contributed by atoms with Crippen LogP contribution in [0.3, 0.4) is 0 Å². The number of methoxy groups -OCH3 is 1. The van der Waals surface area contributed by atoms with Crippen LogP contribution in [0.2, 0.25) is 0 Å². The summed E-state index contributed by atoms with van der Waals surface area (Å²) >= 11 is 0. The van der Waals surface area contributed by atoms with E-state index in [1.165, 1.54) is 19.3 Å². The van der Waals surface area contributed by atoms with Gasteiger partial charge < -0.3 is 4.74 Å². The van der Waals surface area contributed by atoms with Crippen molar-refractivity contribution in [3.63, 3.8) is 0 Å². The van der Waals surface area contributed by atoms with Gasteiger partial charge in [0.15, 0.2) is 0 Å². The highest BCUT2D eigenvalue weighted by Gasteiger charge is 2.28. The first kappa shape index (κ1) is 22.9. The van der Waals surface area contributed by atoms with Gasteiger partial charge in [-0.15, -0.1) is 6.58 Å². The first-order chi connectivity index (χ1) is 9.87. The zero-order valence-electron chi connectivity index (χ0n) is 14.2. The van der Waals surface area contributed by atoms with E-state index >= 15 is 0 Å². The van der Waals surface area contributed by atoms with Crippen LogP contribution < -0.4 is 0 Å². The molecule has 0 aromatic heterocycles. The molecule has 0 unspecified atom stereocenters. The van der Waals surface area contributed by atoms with Crippen molar-refractivity contribution < 1.29 is 17.7 Å². The van der Waals surface area contributed by atoms with Gasteiger partial charge >= 0.3 is 0 Å². The van der Waals surface area contributed by atoms with Crippen LogP contribution in [0.1, 0.15) is 65.7 Å². The Morgan fingerprint density at radius 2 is 1.67 bits per heavy atom. The average molecular weight is 323 g/mol. The molecule has 0 amide bonds. The zero-order valence-corrected chi connectivity index (χ0v) is 15.0. The van der Waals surface area contributed by atoms with Crippen molar-refractivity contribution in [3.8, 4) is 0 Å². The van der Waals surface area contributed by atoms with Crippen LogP contribution in [0.15, 0.2) is 12.7 Å². The third-order valence-electron chi connectivity index (χ3n) is 3.20. The molecule has 0 atom stereocenters. The Kier molecular flexibility index (Phi) is 15.8. The number of hydrogen-bond donors (Lipinski definition) is 1. The van der Waals surface area contributed by atoms with E-state index in [1.807, 2.05) is 0 Å². The van der Waals surface area contributed by atoms with Gasteiger partial charge in [-0.1, -0.05) is 46.1 Å². The Hall–Kier alpha value is -0.390. The lowest BCUT2D eigenvalue weighted by atomic mass is 9.86. The summed E-state index contributed by atoms with van der Waals surface area (Å²) in [5.41, 5.74) is 0. The van der Waals surface area contributed by atoms with Crippen molar-refractivity contribution in [2.24, 2.45) is 5.92 Å². The predicted molar refractivity (Wildman–Crippen MR) is 90.2 cm³/mol. The highest BCUT2D eigenvalue weighted by atomic mass is 32.2. The van der Waals surface area contributed by atoms with Crippen molar-refractivity contribution in [1.82, 2.24) is 0 Å². The van der Waals surface area contributed by atoms with E-state index in [0.29, 0.717) is 25.4 Å². The fourth-order valence-electron chi connectivity index (χ4n) is 2.24. The summed E-state index contributed by atoms with van der Waals surface area (Å²) in [7, 11) is -2.12. The first-order valence-electron chi connectivity index (χ1n) is 7.93. The van der Waals surface area contributed by atoms with Crippen molar-refractivity contribution in [2.45, 2.75) is 71.0 Å². The van der Waals surface area contributed by atoms with Crippen LogP contribution in [0.4, 0.5) is 0 Å². The highest BCUT2D eigenvalue weighted by Crippen LogP contribution is 2.30. The Balaban J connectivity index is 0. The molecule has 1 rings (SSSR count). The molecule has 1 N–H and O–H groups in total. The summed E-state index contributed by atoms with van der Waals surface area (Å²) in [5.74, 6) is 0.683. The van der Waals surface area contributed by atoms with Gasteiger partial charge in [0.05, 0.1) is 11.9 Å². The minimum absolute atomic E-state index is 0.486. The largest absolute Gasteiger partial charge is 0.381 e. The molecule has 1 fully saturated rings. The van der Waals surface area contributed by atoms with E-state index in [9.17, 15) is 8.42 Å². The Morgan fingerprint density at radius 3 is 1.90 bits per heavy atom. The maximum atomic E-state index is 10.8. The molecule has 0 radical (unpaired) electrons. The van der Waals surface area contributed by atoms with Gasteiger partial charge in [-0.05, 0) is 31.6 Å². The quantitative estimate of drug-likeness (QED) is 0.599. The van der Waals surface area contributed by atoms with Gasteiger partial charge in [-0.3, -0.25) is 4.55 Å². The molecule has 0 saturated heterocycles. The lowest BCUT2D eigenvalue weighted by Gasteiger charge is -2.26. The van der Waals surface area contributed by atoms with Gasteiger partial charge in [-0.2, -0.15) is 8.42 Å². The second-order valence-electron chi connectivity index (χ2n) is 5.40. The molecule has 128 valence electrons. The standard InChI is InChI=1S/C9H18O3S.C4H8O.C3H8/c1-2-3-8-4-6-9(7-5-8)13(10,11)12;1-3-4-5-2;1-3-2/h8-9H,2-7H2,1H3,(H,10,11,12);3H,1,4H2,2H3;3H2,1-2H3. The molecule has 1 saturated carbocycles. The second-order valence-corrected chi connectivity index (χ2v) is 7.09. The minimum atomic E-state index is -3.76. The molecule has 1 aliphatic carbocycles. The first-order valence-corrected chi connectivity index (χ1v) is 9.43. The van der Waals surface area contributed by atoms with E-state index in [1.54, 1.807) is 13.2 Å². The number of hydrogen-bond acceptors (Lipinski definition) is 3. The maximum absolute atomic E-state index is 10.8. The van der Waals surface area contributed by atoms with E-state index < -0.39 is 15.4 Å². The van der Waals surface area contributed by atoms with Crippen LogP contribution in [0.5, 0.6) is 0 Å². The van der Waals surface area contributed by atoms with Crippen LogP contribution in [-0.4, -0.2) is 31.9 Å². The third kappa shape index (κ3) is 14.3. The van der Waals surface area contributed by atoms with Crippen LogP contribution >= 0.6 is 0 Å². The van der Waals surface area contributed by atoms with E-state index in [4.69, 9.17) is 4.55 Å². The summed E-state index contributed by atoms with van der Waals surface area (Å²) in [6, 6.07) is 0. The molecule has 4 nitrogen and oxygen atoms in total. The molecule has 0 aromatic carbocycles. The third-order valence-corrected chi connectivity index (χ3v) is 4.51.